The van der Waals surface area contributed by atoms with Crippen molar-refractivity contribution in [3.05, 3.63) is 60.7 Å². The van der Waals surface area contributed by atoms with Crippen molar-refractivity contribution < 1.29 is 4.39 Å². The number of aromatic nitrogens is 4. The minimum Gasteiger partial charge on any atom is -0.366 e. The van der Waals surface area contributed by atoms with Crippen LogP contribution < -0.4 is 9.80 Å². The van der Waals surface area contributed by atoms with E-state index in [4.69, 9.17) is 5.10 Å². The van der Waals surface area contributed by atoms with Gasteiger partial charge in [-0.05, 0) is 12.1 Å². The summed E-state index contributed by atoms with van der Waals surface area (Å²) in [5, 5.41) is 15.0. The van der Waals surface area contributed by atoms with Crippen LogP contribution in [0.4, 0.5) is 15.9 Å². The summed E-state index contributed by atoms with van der Waals surface area (Å²) in [6, 6.07) is 15.1. The van der Waals surface area contributed by atoms with Gasteiger partial charge >= 0.3 is 0 Å². The maximum absolute atomic E-state index is 14.1. The predicted octanol–water partition coefficient (Wildman–Crippen LogP) is 2.74. The molecule has 0 bridgehead atoms. The molecule has 1 saturated heterocycles. The Morgan fingerprint density at radius 2 is 1.50 bits per heavy atom. The number of rotatable bonds is 2. The van der Waals surface area contributed by atoms with E-state index < -0.39 is 0 Å². The molecule has 1 aliphatic rings. The molecule has 6 nitrogen and oxygen atoms in total. The molecule has 0 N–H and O–H groups in total. The van der Waals surface area contributed by atoms with Crippen molar-refractivity contribution in [2.45, 2.75) is 0 Å². The van der Waals surface area contributed by atoms with E-state index in [9.17, 15) is 4.39 Å². The molecule has 130 valence electrons. The largest absolute Gasteiger partial charge is 0.366 e. The van der Waals surface area contributed by atoms with Crippen LogP contribution in [0.2, 0.25) is 0 Å². The van der Waals surface area contributed by atoms with Crippen molar-refractivity contribution in [3.8, 4) is 0 Å². The summed E-state index contributed by atoms with van der Waals surface area (Å²) in [6.45, 7) is 3.05. The zero-order valence-corrected chi connectivity index (χ0v) is 14.1. The van der Waals surface area contributed by atoms with Crippen LogP contribution in [0.5, 0.6) is 0 Å². The number of piperazine rings is 1. The molecule has 3 heterocycles. The highest BCUT2D eigenvalue weighted by Gasteiger charge is 2.22. The molecule has 0 aliphatic carbocycles. The molecule has 0 saturated carbocycles. The Labute approximate surface area is 149 Å². The van der Waals surface area contributed by atoms with Gasteiger partial charge in [0, 0.05) is 37.0 Å². The van der Waals surface area contributed by atoms with Gasteiger partial charge in [0.05, 0.1) is 5.69 Å². The van der Waals surface area contributed by atoms with E-state index in [0.717, 1.165) is 48.4 Å². The number of para-hydroxylation sites is 1. The first-order valence-corrected chi connectivity index (χ1v) is 8.64. The number of halogens is 1. The minimum absolute atomic E-state index is 0.171. The molecule has 2 aromatic heterocycles. The number of nitrogens with zero attached hydrogens (tertiary/aromatic N) is 6. The molecule has 7 heteroatoms. The lowest BCUT2D eigenvalue weighted by molar-refractivity contribution is 0.595. The Morgan fingerprint density at radius 3 is 2.31 bits per heavy atom. The van der Waals surface area contributed by atoms with Crippen molar-refractivity contribution >= 4 is 27.9 Å². The summed E-state index contributed by atoms with van der Waals surface area (Å²) in [4.78, 5) is 4.34. The Morgan fingerprint density at radius 1 is 0.808 bits per heavy atom. The third-order valence-electron chi connectivity index (χ3n) is 4.91. The third kappa shape index (κ3) is 2.35. The first kappa shape index (κ1) is 15.1. The van der Waals surface area contributed by atoms with Gasteiger partial charge in [0.1, 0.15) is 12.1 Å². The first-order valence-electron chi connectivity index (χ1n) is 8.64. The third-order valence-corrected chi connectivity index (χ3v) is 4.91. The molecule has 0 unspecified atom stereocenters. The Hall–Kier alpha value is -3.22. The lowest BCUT2D eigenvalue weighted by Gasteiger charge is -2.37. The lowest BCUT2D eigenvalue weighted by atomic mass is 10.1. The van der Waals surface area contributed by atoms with Crippen molar-refractivity contribution in [2.24, 2.45) is 0 Å². The minimum atomic E-state index is -0.171. The van der Waals surface area contributed by atoms with E-state index in [-0.39, 0.29) is 5.82 Å². The average molecular weight is 348 g/mol. The average Bonchev–Trinajstić information content (AvgIpc) is 3.17. The number of fused-ring (bicyclic) bond motifs is 3. The molecule has 0 atom stereocenters. The van der Waals surface area contributed by atoms with Gasteiger partial charge in [-0.2, -0.15) is 4.52 Å². The number of hydrogen-bond acceptors (Lipinski definition) is 5. The van der Waals surface area contributed by atoms with E-state index in [1.54, 1.807) is 16.9 Å². The molecule has 0 radical (unpaired) electrons. The van der Waals surface area contributed by atoms with Crippen LogP contribution in [0.25, 0.3) is 16.4 Å². The fourth-order valence-corrected chi connectivity index (χ4v) is 3.61. The molecule has 4 aromatic rings. The molecule has 5 rings (SSSR count). The van der Waals surface area contributed by atoms with Crippen LogP contribution in [-0.2, 0) is 0 Å². The zero-order valence-electron chi connectivity index (χ0n) is 14.1. The fourth-order valence-electron chi connectivity index (χ4n) is 3.61. The normalized spacial score (nSPS) is 15.1. The maximum Gasteiger partial charge on any atom is 0.185 e. The van der Waals surface area contributed by atoms with Crippen molar-refractivity contribution in [2.75, 3.05) is 36.0 Å². The van der Waals surface area contributed by atoms with Crippen LogP contribution in [0.15, 0.2) is 54.9 Å². The lowest BCUT2D eigenvalue weighted by Crippen LogP contribution is -2.47. The highest BCUT2D eigenvalue weighted by Crippen LogP contribution is 2.28. The van der Waals surface area contributed by atoms with Crippen LogP contribution >= 0.6 is 0 Å². The zero-order chi connectivity index (χ0) is 17.5. The molecule has 2 aromatic carbocycles. The van der Waals surface area contributed by atoms with Gasteiger partial charge < -0.3 is 9.80 Å². The van der Waals surface area contributed by atoms with E-state index in [2.05, 4.69) is 26.1 Å². The van der Waals surface area contributed by atoms with E-state index in [1.165, 1.54) is 6.07 Å². The van der Waals surface area contributed by atoms with E-state index >= 15 is 0 Å². The van der Waals surface area contributed by atoms with E-state index in [1.807, 2.05) is 30.3 Å². The molecule has 0 amide bonds. The second kappa shape index (κ2) is 5.94. The van der Waals surface area contributed by atoms with Crippen molar-refractivity contribution in [1.82, 2.24) is 19.8 Å². The fraction of sp³-hybridized carbons (Fsp3) is 0.211. The van der Waals surface area contributed by atoms with Gasteiger partial charge in [-0.1, -0.05) is 36.4 Å². The summed E-state index contributed by atoms with van der Waals surface area (Å²) < 4.78 is 15.8. The maximum atomic E-state index is 14.1. The van der Waals surface area contributed by atoms with Gasteiger partial charge in [-0.3, -0.25) is 0 Å². The van der Waals surface area contributed by atoms with Crippen LogP contribution in [0, 0.1) is 5.82 Å². The molecular formula is C19H17FN6. The highest BCUT2D eigenvalue weighted by molar-refractivity contribution is 6.00. The first-order chi connectivity index (χ1) is 12.8. The van der Waals surface area contributed by atoms with Crippen molar-refractivity contribution in [3.63, 3.8) is 0 Å². The molecule has 26 heavy (non-hydrogen) atoms. The van der Waals surface area contributed by atoms with Gasteiger partial charge in [0.25, 0.3) is 0 Å². The summed E-state index contributed by atoms with van der Waals surface area (Å²) in [7, 11) is 0. The Kier molecular flexibility index (Phi) is 3.44. The van der Waals surface area contributed by atoms with Crippen molar-refractivity contribution in [1.29, 1.82) is 0 Å². The number of hydrogen-bond donors (Lipinski definition) is 0. The van der Waals surface area contributed by atoms with E-state index in [0.29, 0.717) is 5.69 Å². The van der Waals surface area contributed by atoms with Gasteiger partial charge in [-0.25, -0.2) is 4.39 Å². The monoisotopic (exact) mass is 348 g/mol. The molecule has 1 fully saturated rings. The topological polar surface area (TPSA) is 49.6 Å². The Bertz CT molecular complexity index is 1080. The Balaban J connectivity index is 1.49. The molecule has 1 aliphatic heterocycles. The highest BCUT2D eigenvalue weighted by atomic mass is 19.1. The predicted molar refractivity (Wildman–Crippen MR) is 99.1 cm³/mol. The second-order valence-electron chi connectivity index (χ2n) is 6.39. The van der Waals surface area contributed by atoms with Gasteiger partial charge in [0.15, 0.2) is 11.5 Å². The quantitative estimate of drug-likeness (QED) is 0.557. The molecular weight excluding hydrogens is 331 g/mol. The summed E-state index contributed by atoms with van der Waals surface area (Å²) in [5.74, 6) is 0.747. The molecule has 0 spiro atoms. The van der Waals surface area contributed by atoms with Crippen LogP contribution in [-0.4, -0.2) is 46.0 Å². The second-order valence-corrected chi connectivity index (χ2v) is 6.39. The van der Waals surface area contributed by atoms with Gasteiger partial charge in [0.2, 0.25) is 0 Å². The number of benzene rings is 2. The van der Waals surface area contributed by atoms with Crippen LogP contribution in [0.3, 0.4) is 0 Å². The summed E-state index contributed by atoms with van der Waals surface area (Å²) in [6.07, 6.45) is 1.63. The van der Waals surface area contributed by atoms with Gasteiger partial charge in [-0.15, -0.1) is 15.3 Å². The number of anilines is 2. The smallest absolute Gasteiger partial charge is 0.185 e. The summed E-state index contributed by atoms with van der Waals surface area (Å²) >= 11 is 0. The standard InChI is InChI=1S/C19H17FN6/c20-16-7-3-4-8-17(16)24-9-11-25(12-10-24)19-15-6-2-1-5-14(15)18-22-21-13-26(18)23-19/h1-8,13H,9-12H2. The van der Waals surface area contributed by atoms with Crippen LogP contribution in [0.1, 0.15) is 0 Å². The summed E-state index contributed by atoms with van der Waals surface area (Å²) in [5.41, 5.74) is 1.42. The SMILES string of the molecule is Fc1ccccc1N1CCN(c2nn3cnnc3c3ccccc23)CC1.